The monoisotopic (exact) mass is 484 g/mol. The van der Waals surface area contributed by atoms with E-state index in [1.165, 1.54) is 36.8 Å². The zero-order valence-electron chi connectivity index (χ0n) is 13.7. The Labute approximate surface area is 166 Å². The highest BCUT2D eigenvalue weighted by Crippen LogP contribution is 2.21. The van der Waals surface area contributed by atoms with Gasteiger partial charge in [0.05, 0.1) is 5.69 Å². The Morgan fingerprint density at radius 3 is 2.67 bits per heavy atom. The maximum atomic E-state index is 14.0. The van der Waals surface area contributed by atoms with Crippen LogP contribution in [0.25, 0.3) is 11.1 Å². The molecule has 0 unspecified atom stereocenters. The number of halogens is 4. The average molecular weight is 484 g/mol. The molecule has 1 N–H and O–H groups in total. The summed E-state index contributed by atoms with van der Waals surface area (Å²) < 4.78 is 46.1. The number of benzene rings is 1. The highest BCUT2D eigenvalue weighted by molar-refractivity contribution is 14.1. The summed E-state index contributed by atoms with van der Waals surface area (Å²) in [4.78, 5) is 14.8. The molecule has 1 aromatic carbocycles. The van der Waals surface area contributed by atoms with Gasteiger partial charge in [0.25, 0.3) is 0 Å². The lowest BCUT2D eigenvalue weighted by atomic mass is 10.1. The highest BCUT2D eigenvalue weighted by Gasteiger charge is 2.06. The molecule has 3 rings (SSSR count). The highest BCUT2D eigenvalue weighted by atomic mass is 127. The molecular formula is C18H12F3IN4O. The molecule has 9 heteroatoms. The third-order valence-corrected chi connectivity index (χ3v) is 3.88. The van der Waals surface area contributed by atoms with Crippen molar-refractivity contribution in [2.24, 2.45) is 0 Å². The summed E-state index contributed by atoms with van der Waals surface area (Å²) in [6.45, 7) is 0.0482. The summed E-state index contributed by atoms with van der Waals surface area (Å²) in [5.74, 6) is -1.70. The van der Waals surface area contributed by atoms with Crippen LogP contribution in [-0.2, 0) is 6.61 Å². The van der Waals surface area contributed by atoms with E-state index in [9.17, 15) is 13.2 Å². The Bertz CT molecular complexity index is 1010. The second-order valence-electron chi connectivity index (χ2n) is 5.27. The molecule has 5 nitrogen and oxygen atoms in total. The third kappa shape index (κ3) is 5.39. The minimum atomic E-state index is -0.701. The molecular weight excluding hydrogens is 472 g/mol. The molecule has 2 aromatic heterocycles. The number of nitrogens with zero attached hydrogens (tertiary/aromatic N) is 3. The SMILES string of the molecule is Fc1ccc(-c2cnc(I)nc(COc3ccnc(F)c3)c[nH]c2)c(F)c1. The number of H-pyrrole nitrogens is 1. The van der Waals surface area contributed by atoms with E-state index in [-0.39, 0.29) is 12.2 Å². The normalized spacial score (nSPS) is 10.4. The number of aromatic amines is 1. The van der Waals surface area contributed by atoms with Gasteiger partial charge in [0.15, 0.2) is 3.83 Å². The van der Waals surface area contributed by atoms with Crippen LogP contribution < -0.4 is 4.74 Å². The zero-order valence-corrected chi connectivity index (χ0v) is 15.8. The predicted molar refractivity (Wildman–Crippen MR) is 101 cm³/mol. The first kappa shape index (κ1) is 19.1. The molecule has 0 amide bonds. The van der Waals surface area contributed by atoms with Gasteiger partial charge in [-0.05, 0) is 18.2 Å². The Kier molecular flexibility index (Phi) is 6.22. The van der Waals surface area contributed by atoms with E-state index >= 15 is 0 Å². The van der Waals surface area contributed by atoms with Gasteiger partial charge in [-0.15, -0.1) is 0 Å². The fraction of sp³-hybridized carbons (Fsp3) is 0.0556. The Morgan fingerprint density at radius 1 is 1.04 bits per heavy atom. The molecule has 0 fully saturated rings. The van der Waals surface area contributed by atoms with E-state index in [4.69, 9.17) is 4.74 Å². The van der Waals surface area contributed by atoms with Crippen molar-refractivity contribution in [2.45, 2.75) is 6.61 Å². The lowest BCUT2D eigenvalue weighted by Gasteiger charge is -2.04. The van der Waals surface area contributed by atoms with Crippen LogP contribution in [0.4, 0.5) is 13.2 Å². The number of aromatic nitrogens is 4. The molecule has 0 aliphatic rings. The van der Waals surface area contributed by atoms with Gasteiger partial charge in [-0.25, -0.2) is 23.7 Å². The third-order valence-electron chi connectivity index (χ3n) is 3.36. The Morgan fingerprint density at radius 2 is 1.89 bits per heavy atom. The summed E-state index contributed by atoms with van der Waals surface area (Å²) in [6, 6.07) is 5.98. The van der Waals surface area contributed by atoms with Crippen molar-refractivity contribution in [3.05, 3.63) is 82.2 Å². The first-order valence-electron chi connectivity index (χ1n) is 7.64. The lowest BCUT2D eigenvalue weighted by molar-refractivity contribution is 0.298. The van der Waals surface area contributed by atoms with Gasteiger partial charge in [-0.3, -0.25) is 0 Å². The van der Waals surface area contributed by atoms with E-state index in [1.54, 1.807) is 6.20 Å². The smallest absolute Gasteiger partial charge is 0.216 e. The quantitative estimate of drug-likeness (QED) is 0.435. The molecule has 2 heterocycles. The van der Waals surface area contributed by atoms with Crippen LogP contribution in [0.1, 0.15) is 5.69 Å². The average Bonchev–Trinajstić information content (AvgIpc) is 2.71. The predicted octanol–water partition coefficient (Wildman–Crippen LogP) is 4.59. The maximum Gasteiger partial charge on any atom is 0.216 e. The molecule has 0 aliphatic carbocycles. The molecule has 0 bridgehead atoms. The molecule has 27 heavy (non-hydrogen) atoms. The fourth-order valence-electron chi connectivity index (χ4n) is 2.14. The zero-order chi connectivity index (χ0) is 19.2. The van der Waals surface area contributed by atoms with Crippen LogP contribution in [0, 0.1) is 21.4 Å². The lowest BCUT2D eigenvalue weighted by Crippen LogP contribution is -1.99. The van der Waals surface area contributed by atoms with E-state index in [0.29, 0.717) is 20.8 Å². The van der Waals surface area contributed by atoms with Crippen LogP contribution in [0.15, 0.2) is 55.1 Å². The van der Waals surface area contributed by atoms with Crippen molar-refractivity contribution in [1.29, 1.82) is 0 Å². The summed E-state index contributed by atoms with van der Waals surface area (Å²) in [7, 11) is 0. The van der Waals surface area contributed by atoms with E-state index < -0.39 is 17.6 Å². The van der Waals surface area contributed by atoms with Crippen molar-refractivity contribution in [1.82, 2.24) is 19.9 Å². The number of rotatable bonds is 4. The van der Waals surface area contributed by atoms with Crippen molar-refractivity contribution in [3.8, 4) is 16.9 Å². The van der Waals surface area contributed by atoms with Crippen LogP contribution >= 0.6 is 22.6 Å². The van der Waals surface area contributed by atoms with Gasteiger partial charge < -0.3 is 9.72 Å². The first-order chi connectivity index (χ1) is 13.0. The molecule has 0 saturated heterocycles. The molecule has 0 atom stereocenters. The topological polar surface area (TPSA) is 63.7 Å². The molecule has 0 spiro atoms. The molecule has 138 valence electrons. The van der Waals surface area contributed by atoms with E-state index in [2.05, 4.69) is 19.9 Å². The van der Waals surface area contributed by atoms with Crippen LogP contribution in [0.2, 0.25) is 0 Å². The molecule has 0 radical (unpaired) electrons. The van der Waals surface area contributed by atoms with Gasteiger partial charge in [0.2, 0.25) is 5.95 Å². The van der Waals surface area contributed by atoms with E-state index in [0.717, 1.165) is 12.1 Å². The minimum absolute atomic E-state index is 0.0482. The van der Waals surface area contributed by atoms with Gasteiger partial charge in [0.1, 0.15) is 24.0 Å². The molecule has 3 aromatic rings. The first-order valence-corrected chi connectivity index (χ1v) is 8.72. The number of hydrogen-bond donors (Lipinski definition) is 1. The minimum Gasteiger partial charge on any atom is -0.487 e. The summed E-state index contributed by atoms with van der Waals surface area (Å²) >= 11 is 1.91. The van der Waals surface area contributed by atoms with Crippen molar-refractivity contribution in [2.75, 3.05) is 0 Å². The molecule has 0 aliphatic heterocycles. The van der Waals surface area contributed by atoms with Gasteiger partial charge in [-0.1, -0.05) is 0 Å². The van der Waals surface area contributed by atoms with Gasteiger partial charge >= 0.3 is 0 Å². The fourth-order valence-corrected chi connectivity index (χ4v) is 2.59. The maximum absolute atomic E-state index is 14.0. The Balaban J connectivity index is 1.89. The second kappa shape index (κ2) is 8.80. The number of nitrogens with one attached hydrogen (secondary N) is 1. The number of ether oxygens (including phenoxy) is 1. The van der Waals surface area contributed by atoms with Crippen molar-refractivity contribution in [3.63, 3.8) is 0 Å². The second-order valence-corrected chi connectivity index (χ2v) is 6.23. The standard InChI is InChI=1S/C18H12F3IN4O/c19-12-1-2-15(16(20)5-12)11-7-23-9-13(26-18(22)25-8-11)10-27-14-3-4-24-17(21)6-14/h1-9,23H,10H2. The van der Waals surface area contributed by atoms with Crippen LogP contribution in [-0.4, -0.2) is 19.9 Å². The van der Waals surface area contributed by atoms with Crippen LogP contribution in [0.3, 0.4) is 0 Å². The van der Waals surface area contributed by atoms with Gasteiger partial charge in [-0.2, -0.15) is 4.39 Å². The summed E-state index contributed by atoms with van der Waals surface area (Å²) in [5, 5.41) is 0. The number of pyridine rings is 1. The van der Waals surface area contributed by atoms with Crippen LogP contribution in [0.5, 0.6) is 5.75 Å². The van der Waals surface area contributed by atoms with E-state index in [1.807, 2.05) is 22.6 Å². The Hall–Kier alpha value is -2.69. The van der Waals surface area contributed by atoms with Gasteiger partial charge in [0, 0.05) is 70.6 Å². The largest absolute Gasteiger partial charge is 0.487 e. The summed E-state index contributed by atoms with van der Waals surface area (Å²) in [5.41, 5.74) is 1.08. The number of hydrogen-bond acceptors (Lipinski definition) is 4. The van der Waals surface area contributed by atoms with Crippen molar-refractivity contribution < 1.29 is 17.9 Å². The van der Waals surface area contributed by atoms with Crippen molar-refractivity contribution >= 4 is 22.6 Å². The summed E-state index contributed by atoms with van der Waals surface area (Å²) in [6.07, 6.45) is 5.78. The molecule has 0 saturated carbocycles.